The van der Waals surface area contributed by atoms with Gasteiger partial charge in [-0.2, -0.15) is 0 Å². The molecule has 0 radical (unpaired) electrons. The highest BCUT2D eigenvalue weighted by molar-refractivity contribution is 5.40. The predicted octanol–water partition coefficient (Wildman–Crippen LogP) is 3.62. The predicted molar refractivity (Wildman–Crippen MR) is 79.2 cm³/mol. The second-order valence-electron chi connectivity index (χ2n) is 4.76. The van der Waals surface area contributed by atoms with E-state index in [0.717, 1.165) is 37.0 Å². The van der Waals surface area contributed by atoms with Gasteiger partial charge in [-0.1, -0.05) is 44.6 Å². The lowest BCUT2D eigenvalue weighted by molar-refractivity contribution is 0.150. The van der Waals surface area contributed by atoms with E-state index in [9.17, 15) is 5.11 Å². The quantitative estimate of drug-likeness (QED) is 0.792. The first-order chi connectivity index (χ1) is 9.21. The third-order valence-corrected chi connectivity index (χ3v) is 3.33. The van der Waals surface area contributed by atoms with Crippen LogP contribution in [0.1, 0.15) is 45.1 Å². The van der Waals surface area contributed by atoms with Gasteiger partial charge in [-0.15, -0.1) is 0 Å². The highest BCUT2D eigenvalue weighted by Crippen LogP contribution is 2.17. The molecule has 2 heteroatoms. The molecule has 1 aromatic carbocycles. The number of hydrogen-bond acceptors (Lipinski definition) is 2. The molecule has 1 aromatic rings. The topological polar surface area (TPSA) is 29.5 Å². The molecule has 0 saturated carbocycles. The Balaban J connectivity index is 2.68. The van der Waals surface area contributed by atoms with Crippen LogP contribution in [-0.4, -0.2) is 18.3 Å². The van der Waals surface area contributed by atoms with Crippen molar-refractivity contribution in [1.29, 1.82) is 0 Å². The lowest BCUT2D eigenvalue weighted by atomic mass is 9.93. The van der Waals surface area contributed by atoms with Crippen LogP contribution in [-0.2, 0) is 0 Å². The van der Waals surface area contributed by atoms with Crippen LogP contribution in [0.15, 0.2) is 24.3 Å². The molecule has 0 aromatic heterocycles. The summed E-state index contributed by atoms with van der Waals surface area (Å²) in [5, 5.41) is 10.1. The number of rotatable bonds is 6. The van der Waals surface area contributed by atoms with Crippen LogP contribution >= 0.6 is 0 Å². The van der Waals surface area contributed by atoms with Crippen molar-refractivity contribution in [3.63, 3.8) is 0 Å². The molecule has 1 rings (SSSR count). The van der Waals surface area contributed by atoms with E-state index in [4.69, 9.17) is 4.74 Å². The summed E-state index contributed by atoms with van der Waals surface area (Å²) in [5.74, 6) is 7.06. The van der Waals surface area contributed by atoms with Gasteiger partial charge in [-0.25, -0.2) is 0 Å². The summed E-state index contributed by atoms with van der Waals surface area (Å²) in [5.41, 5.74) is 0.878. The zero-order valence-electron chi connectivity index (χ0n) is 12.1. The van der Waals surface area contributed by atoms with Crippen LogP contribution in [0, 0.1) is 17.8 Å². The van der Waals surface area contributed by atoms with E-state index in [1.165, 1.54) is 0 Å². The second kappa shape index (κ2) is 8.61. The Labute approximate surface area is 116 Å². The molecule has 2 unspecified atom stereocenters. The number of unbranched alkanes of at least 4 members (excludes halogenated alkanes) is 1. The van der Waals surface area contributed by atoms with E-state index in [2.05, 4.69) is 25.7 Å². The first kappa shape index (κ1) is 15.6. The average Bonchev–Trinajstić information content (AvgIpc) is 2.46. The van der Waals surface area contributed by atoms with E-state index in [1.54, 1.807) is 7.11 Å². The normalized spacial score (nSPS) is 13.3. The van der Waals surface area contributed by atoms with E-state index in [-0.39, 0.29) is 5.92 Å². The summed E-state index contributed by atoms with van der Waals surface area (Å²) in [7, 11) is 1.64. The molecule has 0 aliphatic carbocycles. The Hall–Kier alpha value is -1.46. The Morgan fingerprint density at radius 1 is 1.32 bits per heavy atom. The number of hydrogen-bond donors (Lipinski definition) is 1. The third-order valence-electron chi connectivity index (χ3n) is 3.33. The molecule has 0 bridgehead atoms. The van der Waals surface area contributed by atoms with Gasteiger partial charge in [-0.3, -0.25) is 0 Å². The number of methoxy groups -OCH3 is 1. The molecule has 19 heavy (non-hydrogen) atoms. The number of aliphatic hydroxyl groups is 1. The van der Waals surface area contributed by atoms with Gasteiger partial charge in [-0.05, 0) is 37.0 Å². The number of benzene rings is 1. The van der Waals surface area contributed by atoms with E-state index < -0.39 is 6.10 Å². The van der Waals surface area contributed by atoms with Crippen molar-refractivity contribution in [1.82, 2.24) is 0 Å². The van der Waals surface area contributed by atoms with Crippen LogP contribution in [0.3, 0.4) is 0 Å². The van der Waals surface area contributed by atoms with Crippen molar-refractivity contribution < 1.29 is 9.84 Å². The largest absolute Gasteiger partial charge is 0.497 e. The minimum atomic E-state index is -0.539. The summed E-state index contributed by atoms with van der Waals surface area (Å²) in [6.45, 7) is 4.28. The molecular weight excluding hydrogens is 236 g/mol. The van der Waals surface area contributed by atoms with Crippen molar-refractivity contribution in [3.05, 3.63) is 29.8 Å². The fourth-order valence-electron chi connectivity index (χ4n) is 2.03. The summed E-state index contributed by atoms with van der Waals surface area (Å²) in [4.78, 5) is 0. The standard InChI is InChI=1S/C17H24O2/c1-4-6-9-15(5-2)17(18)12-11-14-8-7-10-16(13-14)19-3/h7-8,10,13,15,17-18H,4-6,9H2,1-3H3. The molecule has 0 fully saturated rings. The fourth-order valence-corrected chi connectivity index (χ4v) is 2.03. The molecular formula is C17H24O2. The minimum absolute atomic E-state index is 0.276. The molecule has 0 aliphatic rings. The summed E-state index contributed by atoms with van der Waals surface area (Å²) < 4.78 is 5.15. The highest BCUT2D eigenvalue weighted by Gasteiger charge is 2.14. The first-order valence-corrected chi connectivity index (χ1v) is 7.04. The summed E-state index contributed by atoms with van der Waals surface area (Å²) in [6, 6.07) is 7.60. The van der Waals surface area contributed by atoms with Crippen molar-refractivity contribution in [2.45, 2.75) is 45.6 Å². The van der Waals surface area contributed by atoms with Crippen LogP contribution in [0.25, 0.3) is 0 Å². The van der Waals surface area contributed by atoms with Gasteiger partial charge in [0.05, 0.1) is 7.11 Å². The summed E-state index contributed by atoms with van der Waals surface area (Å²) in [6.07, 6.45) is 3.78. The van der Waals surface area contributed by atoms with Crippen LogP contribution in [0.4, 0.5) is 0 Å². The van der Waals surface area contributed by atoms with Crippen molar-refractivity contribution >= 4 is 0 Å². The number of ether oxygens (including phenoxy) is 1. The highest BCUT2D eigenvalue weighted by atomic mass is 16.5. The Morgan fingerprint density at radius 3 is 2.74 bits per heavy atom. The molecule has 0 spiro atoms. The number of aliphatic hydroxyl groups excluding tert-OH is 1. The zero-order valence-corrected chi connectivity index (χ0v) is 12.1. The van der Waals surface area contributed by atoms with E-state index in [0.29, 0.717) is 0 Å². The summed E-state index contributed by atoms with van der Waals surface area (Å²) >= 11 is 0. The van der Waals surface area contributed by atoms with Gasteiger partial charge in [0.15, 0.2) is 0 Å². The van der Waals surface area contributed by atoms with Crippen molar-refractivity contribution in [3.8, 4) is 17.6 Å². The van der Waals surface area contributed by atoms with Gasteiger partial charge in [0, 0.05) is 5.56 Å². The molecule has 104 valence electrons. The monoisotopic (exact) mass is 260 g/mol. The molecule has 1 N–H and O–H groups in total. The van der Waals surface area contributed by atoms with Gasteiger partial charge >= 0.3 is 0 Å². The molecule has 0 heterocycles. The Kier molecular flexibility index (Phi) is 7.07. The van der Waals surface area contributed by atoms with Gasteiger partial charge in [0.1, 0.15) is 11.9 Å². The third kappa shape index (κ3) is 5.36. The maximum absolute atomic E-state index is 10.1. The fraction of sp³-hybridized carbons (Fsp3) is 0.529. The smallest absolute Gasteiger partial charge is 0.120 e. The molecule has 0 saturated heterocycles. The molecule has 0 aliphatic heterocycles. The maximum Gasteiger partial charge on any atom is 0.120 e. The molecule has 2 atom stereocenters. The maximum atomic E-state index is 10.1. The SMILES string of the molecule is CCCCC(CC)C(O)C#Cc1cccc(OC)c1. The van der Waals surface area contributed by atoms with E-state index >= 15 is 0 Å². The molecule has 0 amide bonds. The van der Waals surface area contributed by atoms with Gasteiger partial charge in [0.25, 0.3) is 0 Å². The second-order valence-corrected chi connectivity index (χ2v) is 4.76. The van der Waals surface area contributed by atoms with Gasteiger partial charge in [0.2, 0.25) is 0 Å². The average molecular weight is 260 g/mol. The van der Waals surface area contributed by atoms with E-state index in [1.807, 2.05) is 24.3 Å². The van der Waals surface area contributed by atoms with Crippen LogP contribution in [0.2, 0.25) is 0 Å². The lowest BCUT2D eigenvalue weighted by Crippen LogP contribution is -2.17. The Morgan fingerprint density at radius 2 is 2.11 bits per heavy atom. The molecule has 2 nitrogen and oxygen atoms in total. The van der Waals surface area contributed by atoms with Crippen LogP contribution in [0.5, 0.6) is 5.75 Å². The Bertz CT molecular complexity index is 428. The first-order valence-electron chi connectivity index (χ1n) is 7.04. The zero-order chi connectivity index (χ0) is 14.1. The van der Waals surface area contributed by atoms with Crippen LogP contribution < -0.4 is 4.74 Å². The minimum Gasteiger partial charge on any atom is -0.497 e. The van der Waals surface area contributed by atoms with Crippen molar-refractivity contribution in [2.24, 2.45) is 5.92 Å². The van der Waals surface area contributed by atoms with Gasteiger partial charge < -0.3 is 9.84 Å². The lowest BCUT2D eigenvalue weighted by Gasteiger charge is -2.16. The van der Waals surface area contributed by atoms with Crippen molar-refractivity contribution in [2.75, 3.05) is 7.11 Å².